The van der Waals surface area contributed by atoms with Gasteiger partial charge in [-0.05, 0) is 48.0 Å². The van der Waals surface area contributed by atoms with Gasteiger partial charge in [-0.2, -0.15) is 0 Å². The first kappa shape index (κ1) is 14.0. The van der Waals surface area contributed by atoms with Crippen LogP contribution in [0, 0.1) is 0 Å². The van der Waals surface area contributed by atoms with Crippen LogP contribution >= 0.6 is 15.9 Å². The van der Waals surface area contributed by atoms with Crippen LogP contribution in [0.15, 0.2) is 22.7 Å². The first-order chi connectivity index (χ1) is 7.84. The average molecular weight is 301 g/mol. The quantitative estimate of drug-likeness (QED) is 0.841. The molecule has 0 radical (unpaired) electrons. The van der Waals surface area contributed by atoms with Crippen molar-refractivity contribution >= 4 is 33.2 Å². The van der Waals surface area contributed by atoms with Gasteiger partial charge < -0.3 is 15.8 Å². The summed E-state index contributed by atoms with van der Waals surface area (Å²) in [6, 6.07) is 5.25. The molecule has 5 heteroatoms. The van der Waals surface area contributed by atoms with Gasteiger partial charge in [0.2, 0.25) is 5.91 Å². The fourth-order valence-corrected chi connectivity index (χ4v) is 1.78. The minimum absolute atomic E-state index is 0.0951. The van der Waals surface area contributed by atoms with Crippen LogP contribution in [0.3, 0.4) is 0 Å². The number of halogens is 1. The van der Waals surface area contributed by atoms with E-state index in [0.717, 1.165) is 4.47 Å². The summed E-state index contributed by atoms with van der Waals surface area (Å²) in [5.41, 5.74) is 6.50. The molecule has 0 atom stereocenters. The van der Waals surface area contributed by atoms with E-state index in [1.165, 1.54) is 0 Å². The second-order valence-electron chi connectivity index (χ2n) is 4.43. The molecule has 94 valence electrons. The van der Waals surface area contributed by atoms with Crippen molar-refractivity contribution in [2.75, 3.05) is 18.2 Å². The summed E-state index contributed by atoms with van der Waals surface area (Å²) >= 11 is 3.35. The van der Waals surface area contributed by atoms with Gasteiger partial charge in [-0.1, -0.05) is 0 Å². The molecule has 0 saturated heterocycles. The third-order valence-corrected chi connectivity index (χ3v) is 3.06. The summed E-state index contributed by atoms with van der Waals surface area (Å²) < 4.78 is 5.97. The maximum absolute atomic E-state index is 11.8. The zero-order valence-electron chi connectivity index (χ0n) is 10.2. The highest BCUT2D eigenvalue weighted by atomic mass is 79.9. The van der Waals surface area contributed by atoms with Crippen molar-refractivity contribution in [2.45, 2.75) is 25.9 Å². The van der Waals surface area contributed by atoms with E-state index in [1.54, 1.807) is 25.3 Å². The lowest BCUT2D eigenvalue weighted by molar-refractivity contribution is -0.121. The third-order valence-electron chi connectivity index (χ3n) is 2.41. The fraction of sp³-hybridized carbons (Fsp3) is 0.417. The highest BCUT2D eigenvalue weighted by molar-refractivity contribution is 9.10. The molecule has 1 aromatic rings. The lowest BCUT2D eigenvalue weighted by Crippen LogP contribution is -2.29. The predicted octanol–water partition coefficient (Wildman–Crippen LogP) is 2.78. The smallest absolute Gasteiger partial charge is 0.227 e. The highest BCUT2D eigenvalue weighted by Crippen LogP contribution is 2.25. The first-order valence-corrected chi connectivity index (χ1v) is 6.03. The zero-order chi connectivity index (χ0) is 13.1. The van der Waals surface area contributed by atoms with E-state index in [0.29, 0.717) is 17.8 Å². The zero-order valence-corrected chi connectivity index (χ0v) is 11.8. The molecule has 0 aromatic heterocycles. The summed E-state index contributed by atoms with van der Waals surface area (Å²) in [7, 11) is 1.59. The Morgan fingerprint density at radius 3 is 2.71 bits per heavy atom. The van der Waals surface area contributed by atoms with Crippen LogP contribution < -0.4 is 11.1 Å². The minimum atomic E-state index is -0.468. The number of nitrogen functional groups attached to an aromatic ring is 1. The van der Waals surface area contributed by atoms with Crippen LogP contribution in [0.1, 0.15) is 20.3 Å². The minimum Gasteiger partial charge on any atom is -0.399 e. The number of nitrogens with two attached hydrogens (primary N) is 1. The SMILES string of the molecule is COC(C)(C)CC(=O)Nc1ccc(N)cc1Br. The number of nitrogens with one attached hydrogen (secondary N) is 1. The van der Waals surface area contributed by atoms with Crippen molar-refractivity contribution in [1.82, 2.24) is 0 Å². The number of hydrogen-bond acceptors (Lipinski definition) is 3. The molecule has 17 heavy (non-hydrogen) atoms. The van der Waals surface area contributed by atoms with Crippen molar-refractivity contribution in [1.29, 1.82) is 0 Å². The van der Waals surface area contributed by atoms with Gasteiger partial charge in [-0.3, -0.25) is 4.79 Å². The summed E-state index contributed by atoms with van der Waals surface area (Å²) in [6.45, 7) is 3.73. The molecule has 0 saturated carbocycles. The van der Waals surface area contributed by atoms with Crippen molar-refractivity contribution < 1.29 is 9.53 Å². The predicted molar refractivity (Wildman–Crippen MR) is 72.9 cm³/mol. The van der Waals surface area contributed by atoms with E-state index in [4.69, 9.17) is 10.5 Å². The fourth-order valence-electron chi connectivity index (χ4n) is 1.29. The number of ether oxygens (including phenoxy) is 1. The molecule has 0 aliphatic carbocycles. The normalized spacial score (nSPS) is 11.3. The largest absolute Gasteiger partial charge is 0.399 e. The first-order valence-electron chi connectivity index (χ1n) is 5.24. The number of carbonyl (C=O) groups is 1. The van der Waals surface area contributed by atoms with E-state index in [1.807, 2.05) is 13.8 Å². The number of methoxy groups -OCH3 is 1. The topological polar surface area (TPSA) is 64.3 Å². The van der Waals surface area contributed by atoms with Gasteiger partial charge in [0.25, 0.3) is 0 Å². The van der Waals surface area contributed by atoms with Crippen LogP contribution in [0.4, 0.5) is 11.4 Å². The standard InChI is InChI=1S/C12H17BrN2O2/c1-12(2,17-3)7-11(16)15-10-5-4-8(14)6-9(10)13/h4-6H,7,14H2,1-3H3,(H,15,16). The van der Waals surface area contributed by atoms with Gasteiger partial charge in [-0.25, -0.2) is 0 Å². The Morgan fingerprint density at radius 2 is 2.18 bits per heavy atom. The second kappa shape index (κ2) is 5.51. The van der Waals surface area contributed by atoms with Crippen molar-refractivity contribution in [3.8, 4) is 0 Å². The maximum Gasteiger partial charge on any atom is 0.227 e. The number of benzene rings is 1. The Hall–Kier alpha value is -1.07. The van der Waals surface area contributed by atoms with Crippen LogP contribution in [0.25, 0.3) is 0 Å². The highest BCUT2D eigenvalue weighted by Gasteiger charge is 2.21. The third kappa shape index (κ3) is 4.36. The Balaban J connectivity index is 2.69. The van der Waals surface area contributed by atoms with Crippen LogP contribution in [0.5, 0.6) is 0 Å². The molecule has 0 spiro atoms. The van der Waals surface area contributed by atoms with Gasteiger partial charge in [0, 0.05) is 17.3 Å². The number of carbonyl (C=O) groups excluding carboxylic acids is 1. The van der Waals surface area contributed by atoms with Crippen LogP contribution in [-0.2, 0) is 9.53 Å². The average Bonchev–Trinajstić information content (AvgIpc) is 2.21. The van der Waals surface area contributed by atoms with E-state index >= 15 is 0 Å². The van der Waals surface area contributed by atoms with Crippen LogP contribution in [0.2, 0.25) is 0 Å². The van der Waals surface area contributed by atoms with E-state index < -0.39 is 5.60 Å². The molecule has 0 fully saturated rings. The Morgan fingerprint density at radius 1 is 1.53 bits per heavy atom. The number of hydrogen-bond donors (Lipinski definition) is 2. The maximum atomic E-state index is 11.8. The summed E-state index contributed by atoms with van der Waals surface area (Å²) in [4.78, 5) is 11.8. The molecule has 3 N–H and O–H groups in total. The lowest BCUT2D eigenvalue weighted by atomic mass is 10.0. The van der Waals surface area contributed by atoms with Gasteiger partial charge in [0.05, 0.1) is 17.7 Å². The molecule has 0 unspecified atom stereocenters. The van der Waals surface area contributed by atoms with Crippen LogP contribution in [-0.4, -0.2) is 18.6 Å². The monoisotopic (exact) mass is 300 g/mol. The number of anilines is 2. The molecule has 4 nitrogen and oxygen atoms in total. The molecular weight excluding hydrogens is 284 g/mol. The molecule has 1 aromatic carbocycles. The Bertz CT molecular complexity index is 419. The van der Waals surface area contributed by atoms with Gasteiger partial charge in [-0.15, -0.1) is 0 Å². The Labute approximate surface area is 110 Å². The van der Waals surface area contributed by atoms with Gasteiger partial charge >= 0.3 is 0 Å². The van der Waals surface area contributed by atoms with Crippen molar-refractivity contribution in [2.24, 2.45) is 0 Å². The number of amides is 1. The molecule has 1 amide bonds. The molecular formula is C12H17BrN2O2. The van der Waals surface area contributed by atoms with E-state index in [-0.39, 0.29) is 5.91 Å². The van der Waals surface area contributed by atoms with Crippen molar-refractivity contribution in [3.05, 3.63) is 22.7 Å². The second-order valence-corrected chi connectivity index (χ2v) is 5.28. The molecule has 1 rings (SSSR count). The number of rotatable bonds is 4. The summed E-state index contributed by atoms with van der Waals surface area (Å²) in [5.74, 6) is -0.0951. The summed E-state index contributed by atoms with van der Waals surface area (Å²) in [6.07, 6.45) is 0.292. The van der Waals surface area contributed by atoms with Gasteiger partial charge in [0.15, 0.2) is 0 Å². The Kier molecular flexibility index (Phi) is 4.54. The van der Waals surface area contributed by atoms with E-state index in [2.05, 4.69) is 21.2 Å². The molecule has 0 aliphatic heterocycles. The lowest BCUT2D eigenvalue weighted by Gasteiger charge is -2.22. The molecule has 0 bridgehead atoms. The molecule has 0 aliphatic rings. The summed E-state index contributed by atoms with van der Waals surface area (Å²) in [5, 5.41) is 2.81. The van der Waals surface area contributed by atoms with E-state index in [9.17, 15) is 4.79 Å². The van der Waals surface area contributed by atoms with Gasteiger partial charge in [0.1, 0.15) is 0 Å². The molecule has 0 heterocycles. The van der Waals surface area contributed by atoms with Crippen molar-refractivity contribution in [3.63, 3.8) is 0 Å².